The maximum Gasteiger partial charge on any atom is 0.261 e. The predicted octanol–water partition coefficient (Wildman–Crippen LogP) is 5.69. The van der Waals surface area contributed by atoms with Gasteiger partial charge in [-0.05, 0) is 48.4 Å². The van der Waals surface area contributed by atoms with E-state index in [1.165, 1.54) is 18.2 Å². The average Bonchev–Trinajstić information content (AvgIpc) is 3.22. The first kappa shape index (κ1) is 20.9. The van der Waals surface area contributed by atoms with Crippen molar-refractivity contribution in [3.05, 3.63) is 112 Å². The van der Waals surface area contributed by atoms with Gasteiger partial charge in [0.25, 0.3) is 11.9 Å². The first-order valence-electron chi connectivity index (χ1n) is 10.3. The van der Waals surface area contributed by atoms with Gasteiger partial charge in [-0.1, -0.05) is 65.7 Å². The second kappa shape index (κ2) is 8.52. The van der Waals surface area contributed by atoms with Crippen LogP contribution in [0, 0.1) is 12.7 Å². The highest BCUT2D eigenvalue weighted by atomic mass is 35.5. The summed E-state index contributed by atoms with van der Waals surface area (Å²) in [5.41, 5.74) is 3.88. The molecule has 3 aromatic carbocycles. The predicted molar refractivity (Wildman–Crippen MR) is 127 cm³/mol. The molecule has 5 rings (SSSR count). The van der Waals surface area contributed by atoms with Crippen molar-refractivity contribution in [2.75, 3.05) is 10.6 Å². The van der Waals surface area contributed by atoms with E-state index in [2.05, 4.69) is 20.7 Å². The molecule has 1 aromatic heterocycles. The molecule has 0 aliphatic carbocycles. The van der Waals surface area contributed by atoms with Gasteiger partial charge in [0, 0.05) is 10.7 Å². The topological polar surface area (TPSA) is 71.8 Å². The van der Waals surface area contributed by atoms with Gasteiger partial charge in [0.05, 0.1) is 5.56 Å². The standard InChI is InChI=1S/C25H19ClFN5O/c1-15-6-8-16(9-7-15)21-14-22(17-10-12-18(26)13-11-17)32-25(28-21)30-24(31-32)29-23(33)19-4-2-3-5-20(19)27/h2-14,22H,1H3,(H2,28,29,30,31,33). The number of nitrogens with zero attached hydrogens (tertiary/aromatic N) is 3. The van der Waals surface area contributed by atoms with Gasteiger partial charge in [0.1, 0.15) is 11.9 Å². The minimum atomic E-state index is -0.620. The largest absolute Gasteiger partial charge is 0.324 e. The van der Waals surface area contributed by atoms with Crippen LogP contribution >= 0.6 is 11.6 Å². The van der Waals surface area contributed by atoms with Crippen LogP contribution in [-0.4, -0.2) is 20.7 Å². The number of aryl methyl sites for hydroxylation is 1. The normalized spacial score (nSPS) is 14.8. The van der Waals surface area contributed by atoms with E-state index < -0.39 is 11.7 Å². The van der Waals surface area contributed by atoms with Crippen molar-refractivity contribution in [3.8, 4) is 0 Å². The summed E-state index contributed by atoms with van der Waals surface area (Å²) in [6, 6.07) is 21.1. The highest BCUT2D eigenvalue weighted by Crippen LogP contribution is 2.33. The fourth-order valence-corrected chi connectivity index (χ4v) is 3.79. The van der Waals surface area contributed by atoms with Crippen LogP contribution < -0.4 is 10.6 Å². The number of benzene rings is 3. The van der Waals surface area contributed by atoms with Gasteiger partial charge in [-0.2, -0.15) is 4.98 Å². The SMILES string of the molecule is Cc1ccc(C2=CC(c3ccc(Cl)cc3)n3nc(NC(=O)c4ccccc4F)nc3N2)cc1. The maximum absolute atomic E-state index is 14.0. The summed E-state index contributed by atoms with van der Waals surface area (Å²) >= 11 is 6.08. The van der Waals surface area contributed by atoms with Crippen molar-refractivity contribution >= 4 is 35.1 Å². The van der Waals surface area contributed by atoms with Crippen LogP contribution in [0.25, 0.3) is 5.70 Å². The molecule has 2 heterocycles. The van der Waals surface area contributed by atoms with E-state index in [0.717, 1.165) is 22.4 Å². The van der Waals surface area contributed by atoms with E-state index in [1.807, 2.05) is 61.5 Å². The lowest BCUT2D eigenvalue weighted by atomic mass is 10.0. The van der Waals surface area contributed by atoms with Gasteiger partial charge in [0.2, 0.25) is 5.95 Å². The van der Waals surface area contributed by atoms with Crippen LogP contribution in [0.4, 0.5) is 16.3 Å². The number of aromatic nitrogens is 3. The molecule has 1 aliphatic heterocycles. The third-order valence-electron chi connectivity index (χ3n) is 5.38. The molecular weight excluding hydrogens is 441 g/mol. The fraction of sp³-hybridized carbons (Fsp3) is 0.0800. The number of fused-ring (bicyclic) bond motifs is 1. The van der Waals surface area contributed by atoms with Gasteiger partial charge in [-0.25, -0.2) is 9.07 Å². The minimum absolute atomic E-state index is 0.0725. The number of hydrogen-bond donors (Lipinski definition) is 2. The highest BCUT2D eigenvalue weighted by Gasteiger charge is 2.26. The lowest BCUT2D eigenvalue weighted by molar-refractivity contribution is 0.102. The Kier molecular flexibility index (Phi) is 5.40. The molecule has 0 radical (unpaired) electrons. The number of halogens is 2. The molecule has 0 spiro atoms. The summed E-state index contributed by atoms with van der Waals surface area (Å²) in [5, 5.41) is 11.0. The molecular formula is C25H19ClFN5O. The molecule has 0 saturated carbocycles. The molecule has 8 heteroatoms. The average molecular weight is 460 g/mol. The number of hydrogen-bond acceptors (Lipinski definition) is 4. The van der Waals surface area contributed by atoms with Gasteiger partial charge in [-0.3, -0.25) is 10.1 Å². The van der Waals surface area contributed by atoms with E-state index in [0.29, 0.717) is 11.0 Å². The summed E-state index contributed by atoms with van der Waals surface area (Å²) < 4.78 is 15.7. The molecule has 4 aromatic rings. The van der Waals surface area contributed by atoms with Crippen molar-refractivity contribution < 1.29 is 9.18 Å². The highest BCUT2D eigenvalue weighted by molar-refractivity contribution is 6.30. The molecule has 1 unspecified atom stereocenters. The van der Waals surface area contributed by atoms with E-state index >= 15 is 0 Å². The number of amides is 1. The van der Waals surface area contributed by atoms with Gasteiger partial charge < -0.3 is 5.32 Å². The van der Waals surface area contributed by atoms with Crippen LogP contribution in [0.1, 0.15) is 33.1 Å². The summed E-state index contributed by atoms with van der Waals surface area (Å²) in [4.78, 5) is 17.0. The summed E-state index contributed by atoms with van der Waals surface area (Å²) in [6.45, 7) is 2.03. The Bertz CT molecular complexity index is 1360. The molecule has 0 saturated heterocycles. The third-order valence-corrected chi connectivity index (χ3v) is 5.64. The molecule has 0 fully saturated rings. The molecule has 164 valence electrons. The van der Waals surface area contributed by atoms with Crippen LogP contribution in [0.2, 0.25) is 5.02 Å². The second-order valence-electron chi connectivity index (χ2n) is 7.71. The van der Waals surface area contributed by atoms with Crippen LogP contribution in [-0.2, 0) is 0 Å². The monoisotopic (exact) mass is 459 g/mol. The Morgan fingerprint density at radius 2 is 1.79 bits per heavy atom. The Labute approximate surface area is 194 Å². The van der Waals surface area contributed by atoms with Crippen molar-refractivity contribution in [2.24, 2.45) is 0 Å². The molecule has 6 nitrogen and oxygen atoms in total. The zero-order valence-corrected chi connectivity index (χ0v) is 18.3. The number of anilines is 2. The summed E-state index contributed by atoms with van der Waals surface area (Å²) in [5.74, 6) is -0.703. The van der Waals surface area contributed by atoms with Crippen molar-refractivity contribution in [1.29, 1.82) is 0 Å². The minimum Gasteiger partial charge on any atom is -0.324 e. The van der Waals surface area contributed by atoms with Crippen molar-refractivity contribution in [2.45, 2.75) is 13.0 Å². The van der Waals surface area contributed by atoms with Gasteiger partial charge in [0.15, 0.2) is 0 Å². The van der Waals surface area contributed by atoms with E-state index in [4.69, 9.17) is 11.6 Å². The Morgan fingerprint density at radius 1 is 1.06 bits per heavy atom. The number of carbonyl (C=O) groups excluding carboxylic acids is 1. The summed E-state index contributed by atoms with van der Waals surface area (Å²) in [7, 11) is 0. The van der Waals surface area contributed by atoms with Gasteiger partial charge in [-0.15, -0.1) is 5.10 Å². The number of carbonyl (C=O) groups is 1. The zero-order chi connectivity index (χ0) is 22.9. The number of rotatable bonds is 4. The van der Waals surface area contributed by atoms with E-state index in [1.54, 1.807) is 10.7 Å². The molecule has 0 bridgehead atoms. The fourth-order valence-electron chi connectivity index (χ4n) is 3.66. The number of allylic oxidation sites excluding steroid dienone is 1. The van der Waals surface area contributed by atoms with E-state index in [9.17, 15) is 9.18 Å². The van der Waals surface area contributed by atoms with Crippen LogP contribution in [0.15, 0.2) is 78.9 Å². The van der Waals surface area contributed by atoms with Crippen LogP contribution in [0.3, 0.4) is 0 Å². The lowest BCUT2D eigenvalue weighted by Crippen LogP contribution is -2.20. The quantitative estimate of drug-likeness (QED) is 0.411. The zero-order valence-electron chi connectivity index (χ0n) is 17.6. The molecule has 1 aliphatic rings. The number of nitrogens with one attached hydrogen (secondary N) is 2. The molecule has 33 heavy (non-hydrogen) atoms. The lowest BCUT2D eigenvalue weighted by Gasteiger charge is -2.24. The summed E-state index contributed by atoms with van der Waals surface area (Å²) in [6.07, 6.45) is 2.04. The van der Waals surface area contributed by atoms with E-state index in [-0.39, 0.29) is 17.6 Å². The first-order valence-corrected chi connectivity index (χ1v) is 10.7. The first-order chi connectivity index (χ1) is 16.0. The second-order valence-corrected chi connectivity index (χ2v) is 8.14. The van der Waals surface area contributed by atoms with Crippen molar-refractivity contribution in [3.63, 3.8) is 0 Å². The molecule has 1 amide bonds. The molecule has 1 atom stereocenters. The Balaban J connectivity index is 1.52. The Hall–Kier alpha value is -3.97. The molecule has 2 N–H and O–H groups in total. The van der Waals surface area contributed by atoms with Crippen molar-refractivity contribution in [1.82, 2.24) is 14.8 Å². The smallest absolute Gasteiger partial charge is 0.261 e. The Morgan fingerprint density at radius 3 is 2.52 bits per heavy atom. The van der Waals surface area contributed by atoms with Crippen LogP contribution in [0.5, 0.6) is 0 Å². The third kappa shape index (κ3) is 4.23. The maximum atomic E-state index is 14.0. The van der Waals surface area contributed by atoms with Gasteiger partial charge >= 0.3 is 0 Å².